The largest absolute Gasteiger partial charge is 0.340 e. The lowest BCUT2D eigenvalue weighted by molar-refractivity contribution is 0.0730. The van der Waals surface area contributed by atoms with E-state index in [1.807, 2.05) is 32.0 Å². The zero-order valence-corrected chi connectivity index (χ0v) is 16.3. The number of likely N-dealkylation sites (tertiary alicyclic amines) is 1. The van der Waals surface area contributed by atoms with Crippen molar-refractivity contribution in [3.63, 3.8) is 0 Å². The summed E-state index contributed by atoms with van der Waals surface area (Å²) in [6, 6.07) is 1.86. The molecule has 25 heavy (non-hydrogen) atoms. The minimum Gasteiger partial charge on any atom is -0.340 e. The highest BCUT2D eigenvalue weighted by atomic mass is 32.1. The Labute approximate surface area is 153 Å². The Morgan fingerprint density at radius 3 is 2.64 bits per heavy atom. The van der Waals surface area contributed by atoms with E-state index in [0.29, 0.717) is 11.6 Å². The van der Waals surface area contributed by atoms with E-state index in [9.17, 15) is 4.79 Å². The first-order valence-electron chi connectivity index (χ1n) is 8.82. The number of amides is 1. The predicted molar refractivity (Wildman–Crippen MR) is 99.8 cm³/mol. The van der Waals surface area contributed by atoms with Crippen molar-refractivity contribution in [2.45, 2.75) is 33.2 Å². The zero-order valence-electron chi connectivity index (χ0n) is 15.5. The fourth-order valence-electron chi connectivity index (χ4n) is 3.37. The molecule has 0 aromatic carbocycles. The van der Waals surface area contributed by atoms with Crippen LogP contribution in [0.3, 0.4) is 0 Å². The normalized spacial score (nSPS) is 16.3. The van der Waals surface area contributed by atoms with Gasteiger partial charge in [0.25, 0.3) is 5.91 Å². The summed E-state index contributed by atoms with van der Waals surface area (Å²) in [5.41, 5.74) is 2.72. The molecule has 6 nitrogen and oxygen atoms in total. The number of aromatic nitrogens is 3. The van der Waals surface area contributed by atoms with Crippen molar-refractivity contribution in [2.75, 3.05) is 26.7 Å². The first kappa shape index (κ1) is 18.1. The molecule has 3 heterocycles. The molecule has 7 heteroatoms. The maximum atomic E-state index is 12.5. The van der Waals surface area contributed by atoms with Crippen LogP contribution in [-0.4, -0.2) is 57.2 Å². The van der Waals surface area contributed by atoms with Crippen LogP contribution in [0.5, 0.6) is 0 Å². The number of nitrogens with zero attached hydrogens (tertiary/aromatic N) is 5. The van der Waals surface area contributed by atoms with Crippen molar-refractivity contribution in [1.29, 1.82) is 0 Å². The topological polar surface area (TPSA) is 54.3 Å². The lowest BCUT2D eigenvalue weighted by Crippen LogP contribution is -2.39. The van der Waals surface area contributed by atoms with Crippen LogP contribution in [0.4, 0.5) is 0 Å². The fourth-order valence-corrected chi connectivity index (χ4v) is 3.97. The molecule has 2 aromatic rings. The number of hydrogen-bond acceptors (Lipinski definition) is 5. The maximum Gasteiger partial charge on any atom is 0.274 e. The molecular formula is C18H27N5OS. The lowest BCUT2D eigenvalue weighted by Gasteiger charge is -2.33. The summed E-state index contributed by atoms with van der Waals surface area (Å²) < 4.78 is 1.75. The quantitative estimate of drug-likeness (QED) is 0.821. The van der Waals surface area contributed by atoms with Gasteiger partial charge in [0.1, 0.15) is 0 Å². The molecule has 0 unspecified atom stereocenters. The SMILES string of the molecule is Cc1nc(CN2CCC(CN(C)C(=O)c3cc(C)n(C)n3)CC2)cs1. The number of carbonyl (C=O) groups is 1. The number of piperidine rings is 1. The Bertz CT molecular complexity index is 710. The van der Waals surface area contributed by atoms with E-state index in [2.05, 4.69) is 27.3 Å². The van der Waals surface area contributed by atoms with Gasteiger partial charge in [0, 0.05) is 38.3 Å². The van der Waals surface area contributed by atoms with Gasteiger partial charge in [0.05, 0.1) is 10.7 Å². The van der Waals surface area contributed by atoms with Crippen LogP contribution in [-0.2, 0) is 13.6 Å². The van der Waals surface area contributed by atoms with Crippen LogP contribution < -0.4 is 0 Å². The summed E-state index contributed by atoms with van der Waals surface area (Å²) in [5, 5.41) is 7.59. The minimum absolute atomic E-state index is 0.0177. The molecule has 1 saturated heterocycles. The van der Waals surface area contributed by atoms with E-state index in [0.717, 1.165) is 49.7 Å². The molecule has 0 N–H and O–H groups in total. The lowest BCUT2D eigenvalue weighted by atomic mass is 9.96. The van der Waals surface area contributed by atoms with Gasteiger partial charge in [0.15, 0.2) is 5.69 Å². The van der Waals surface area contributed by atoms with Gasteiger partial charge in [-0.1, -0.05) is 0 Å². The van der Waals surface area contributed by atoms with Gasteiger partial charge in [-0.05, 0) is 51.8 Å². The van der Waals surface area contributed by atoms with E-state index >= 15 is 0 Å². The Kier molecular flexibility index (Phi) is 5.54. The van der Waals surface area contributed by atoms with Crippen molar-refractivity contribution < 1.29 is 4.79 Å². The number of hydrogen-bond donors (Lipinski definition) is 0. The Balaban J connectivity index is 1.47. The van der Waals surface area contributed by atoms with Gasteiger partial charge < -0.3 is 4.90 Å². The highest BCUT2D eigenvalue weighted by molar-refractivity contribution is 7.09. The van der Waals surface area contributed by atoms with Crippen LogP contribution in [0.1, 0.15) is 39.7 Å². The van der Waals surface area contributed by atoms with Crippen molar-refractivity contribution in [1.82, 2.24) is 24.6 Å². The molecule has 2 aromatic heterocycles. The van der Waals surface area contributed by atoms with Gasteiger partial charge in [-0.2, -0.15) is 5.10 Å². The second kappa shape index (κ2) is 7.66. The van der Waals surface area contributed by atoms with E-state index in [1.165, 1.54) is 5.69 Å². The van der Waals surface area contributed by atoms with Gasteiger partial charge in [-0.25, -0.2) is 4.98 Å². The molecule has 1 aliphatic rings. The van der Waals surface area contributed by atoms with Gasteiger partial charge in [-0.3, -0.25) is 14.4 Å². The average molecular weight is 362 g/mol. The summed E-state index contributed by atoms with van der Waals surface area (Å²) in [7, 11) is 3.75. The number of rotatable bonds is 5. The number of carbonyl (C=O) groups excluding carboxylic acids is 1. The van der Waals surface area contributed by atoms with Crippen LogP contribution >= 0.6 is 11.3 Å². The monoisotopic (exact) mass is 361 g/mol. The Morgan fingerprint density at radius 1 is 1.36 bits per heavy atom. The fraction of sp³-hybridized carbons (Fsp3) is 0.611. The first-order valence-corrected chi connectivity index (χ1v) is 9.70. The van der Waals surface area contributed by atoms with Crippen molar-refractivity contribution in [3.8, 4) is 0 Å². The van der Waals surface area contributed by atoms with Crippen LogP contribution in [0.15, 0.2) is 11.4 Å². The van der Waals surface area contributed by atoms with E-state index in [-0.39, 0.29) is 5.91 Å². The maximum absolute atomic E-state index is 12.5. The Morgan fingerprint density at radius 2 is 2.08 bits per heavy atom. The first-order chi connectivity index (χ1) is 11.9. The molecular weight excluding hydrogens is 334 g/mol. The molecule has 0 saturated carbocycles. The molecule has 0 atom stereocenters. The van der Waals surface area contributed by atoms with Crippen molar-refractivity contribution in [2.24, 2.45) is 13.0 Å². The molecule has 0 spiro atoms. The summed E-state index contributed by atoms with van der Waals surface area (Å²) in [6.45, 7) is 7.91. The van der Waals surface area contributed by atoms with Crippen LogP contribution in [0.25, 0.3) is 0 Å². The van der Waals surface area contributed by atoms with E-state index in [4.69, 9.17) is 0 Å². The highest BCUT2D eigenvalue weighted by Gasteiger charge is 2.24. The number of aryl methyl sites for hydroxylation is 3. The third kappa shape index (κ3) is 4.46. The summed E-state index contributed by atoms with van der Waals surface area (Å²) in [5.74, 6) is 0.580. The third-order valence-electron chi connectivity index (χ3n) is 4.97. The van der Waals surface area contributed by atoms with Gasteiger partial charge in [0.2, 0.25) is 0 Å². The standard InChI is InChI=1S/C18H27N5OS/c1-13-9-17(20-22(13)4)18(24)21(3)10-15-5-7-23(8-6-15)11-16-12-25-14(2)19-16/h9,12,15H,5-8,10-11H2,1-4H3. The zero-order chi connectivity index (χ0) is 18.0. The third-order valence-corrected chi connectivity index (χ3v) is 5.79. The molecule has 1 aliphatic heterocycles. The van der Waals surface area contributed by atoms with Gasteiger partial charge in [-0.15, -0.1) is 11.3 Å². The molecule has 0 radical (unpaired) electrons. The molecule has 1 fully saturated rings. The van der Waals surface area contributed by atoms with E-state index < -0.39 is 0 Å². The number of thiazole rings is 1. The van der Waals surface area contributed by atoms with E-state index in [1.54, 1.807) is 16.0 Å². The second-order valence-corrected chi connectivity index (χ2v) is 8.12. The van der Waals surface area contributed by atoms with Crippen molar-refractivity contribution in [3.05, 3.63) is 33.5 Å². The van der Waals surface area contributed by atoms with Gasteiger partial charge >= 0.3 is 0 Å². The Hall–Kier alpha value is -1.73. The predicted octanol–water partition coefficient (Wildman–Crippen LogP) is 2.48. The summed E-state index contributed by atoms with van der Waals surface area (Å²) >= 11 is 1.72. The molecule has 0 aliphatic carbocycles. The average Bonchev–Trinajstić information content (AvgIpc) is 3.14. The van der Waals surface area contributed by atoms with Crippen LogP contribution in [0.2, 0.25) is 0 Å². The highest BCUT2D eigenvalue weighted by Crippen LogP contribution is 2.21. The summed E-state index contributed by atoms with van der Waals surface area (Å²) in [6.07, 6.45) is 2.25. The minimum atomic E-state index is 0.0177. The van der Waals surface area contributed by atoms with Crippen LogP contribution in [0, 0.1) is 19.8 Å². The molecule has 3 rings (SSSR count). The van der Waals surface area contributed by atoms with Crippen molar-refractivity contribution >= 4 is 17.2 Å². The molecule has 136 valence electrons. The summed E-state index contributed by atoms with van der Waals surface area (Å²) in [4.78, 5) is 21.4. The molecule has 1 amide bonds. The smallest absolute Gasteiger partial charge is 0.274 e. The molecule has 0 bridgehead atoms. The second-order valence-electron chi connectivity index (χ2n) is 7.06.